The van der Waals surface area contributed by atoms with Gasteiger partial charge >= 0.3 is 11.8 Å². The Morgan fingerprint density at radius 1 is 1.40 bits per heavy atom. The predicted octanol–water partition coefficient (Wildman–Crippen LogP) is -0.667. The first-order chi connectivity index (χ1) is 7.19. The van der Waals surface area contributed by atoms with Crippen molar-refractivity contribution in [1.29, 1.82) is 0 Å². The van der Waals surface area contributed by atoms with Gasteiger partial charge in [0, 0.05) is 19.6 Å². The quantitative estimate of drug-likeness (QED) is 0.611. The predicted molar refractivity (Wildman–Crippen MR) is 57.3 cm³/mol. The molecular weight excluding hydrogens is 194 g/mol. The highest BCUT2D eigenvalue weighted by Crippen LogP contribution is 2.15. The van der Waals surface area contributed by atoms with Gasteiger partial charge in [0.25, 0.3) is 0 Å². The lowest BCUT2D eigenvalue weighted by molar-refractivity contribution is -0.139. The van der Waals surface area contributed by atoms with E-state index in [1.165, 1.54) is 13.5 Å². The van der Waals surface area contributed by atoms with Crippen molar-refractivity contribution in [3.05, 3.63) is 0 Å². The Bertz CT molecular complexity index is 243. The summed E-state index contributed by atoms with van der Waals surface area (Å²) in [6, 6.07) is 0.392. The van der Waals surface area contributed by atoms with Gasteiger partial charge in [-0.05, 0) is 25.9 Å². The second-order valence-corrected chi connectivity index (χ2v) is 3.71. The molecule has 0 aromatic heterocycles. The van der Waals surface area contributed by atoms with Crippen molar-refractivity contribution >= 4 is 11.8 Å². The Balaban J connectivity index is 2.30. The molecule has 5 heteroatoms. The normalized spacial score (nSPS) is 21.3. The summed E-state index contributed by atoms with van der Waals surface area (Å²) in [5.74, 6) is -1.11. The van der Waals surface area contributed by atoms with E-state index in [0.29, 0.717) is 12.6 Å². The highest BCUT2D eigenvalue weighted by Gasteiger charge is 2.23. The highest BCUT2D eigenvalue weighted by molar-refractivity contribution is 6.35. The number of rotatable bonds is 3. The standard InChI is InChI=1S/C10H19N3O2/c1-3-13-6-4-5-8(13)7-12-10(15)9(14)11-2/h8H,3-7H2,1-2H3,(H,11,14)(H,12,15)/t8-/m1/s1. The molecule has 1 atom stereocenters. The molecule has 1 aliphatic rings. The van der Waals surface area contributed by atoms with E-state index in [2.05, 4.69) is 22.5 Å². The van der Waals surface area contributed by atoms with E-state index in [0.717, 1.165) is 19.5 Å². The molecule has 0 unspecified atom stereocenters. The van der Waals surface area contributed by atoms with E-state index >= 15 is 0 Å². The molecule has 0 bridgehead atoms. The van der Waals surface area contributed by atoms with Crippen LogP contribution < -0.4 is 10.6 Å². The number of carbonyl (C=O) groups excluding carboxylic acids is 2. The van der Waals surface area contributed by atoms with Crippen molar-refractivity contribution in [3.63, 3.8) is 0 Å². The fraction of sp³-hybridized carbons (Fsp3) is 0.800. The van der Waals surface area contributed by atoms with Crippen LogP contribution in [0, 0.1) is 0 Å². The Kier molecular flexibility index (Phi) is 4.55. The van der Waals surface area contributed by atoms with Gasteiger partial charge < -0.3 is 10.6 Å². The van der Waals surface area contributed by atoms with Crippen molar-refractivity contribution in [1.82, 2.24) is 15.5 Å². The summed E-state index contributed by atoms with van der Waals surface area (Å²) in [6.07, 6.45) is 2.27. The lowest BCUT2D eigenvalue weighted by atomic mass is 10.2. The minimum Gasteiger partial charge on any atom is -0.351 e. The van der Waals surface area contributed by atoms with Crippen LogP contribution in [0.2, 0.25) is 0 Å². The Morgan fingerprint density at radius 2 is 2.13 bits per heavy atom. The maximum absolute atomic E-state index is 11.2. The Morgan fingerprint density at radius 3 is 2.73 bits per heavy atom. The number of hydrogen-bond donors (Lipinski definition) is 2. The van der Waals surface area contributed by atoms with Crippen LogP contribution in [0.4, 0.5) is 0 Å². The third kappa shape index (κ3) is 3.20. The molecule has 1 heterocycles. The first-order valence-corrected chi connectivity index (χ1v) is 5.43. The Labute approximate surface area is 90.2 Å². The fourth-order valence-corrected chi connectivity index (χ4v) is 1.95. The van der Waals surface area contributed by atoms with Crippen molar-refractivity contribution in [2.75, 3.05) is 26.7 Å². The average molecular weight is 213 g/mol. The summed E-state index contributed by atoms with van der Waals surface area (Å²) in [5, 5.41) is 4.95. The zero-order valence-corrected chi connectivity index (χ0v) is 9.38. The molecule has 1 rings (SSSR count). The van der Waals surface area contributed by atoms with Crippen LogP contribution in [0.5, 0.6) is 0 Å². The SMILES string of the molecule is CCN1CCC[C@@H]1CNC(=O)C(=O)NC. The summed E-state index contributed by atoms with van der Waals surface area (Å²) in [5.41, 5.74) is 0. The Hall–Kier alpha value is -1.10. The van der Waals surface area contributed by atoms with Crippen LogP contribution in [-0.4, -0.2) is 49.4 Å². The van der Waals surface area contributed by atoms with E-state index in [1.807, 2.05) is 0 Å². The fourth-order valence-electron chi connectivity index (χ4n) is 1.95. The number of amides is 2. The van der Waals surface area contributed by atoms with E-state index in [4.69, 9.17) is 0 Å². The van der Waals surface area contributed by atoms with Crippen LogP contribution in [0.1, 0.15) is 19.8 Å². The van der Waals surface area contributed by atoms with Crippen LogP contribution in [0.15, 0.2) is 0 Å². The average Bonchev–Trinajstić information content (AvgIpc) is 2.71. The lowest BCUT2D eigenvalue weighted by Gasteiger charge is -2.22. The zero-order chi connectivity index (χ0) is 11.3. The number of carbonyl (C=O) groups is 2. The summed E-state index contributed by atoms with van der Waals surface area (Å²) >= 11 is 0. The summed E-state index contributed by atoms with van der Waals surface area (Å²) in [4.78, 5) is 24.4. The second-order valence-electron chi connectivity index (χ2n) is 3.71. The van der Waals surface area contributed by atoms with Crippen molar-refractivity contribution in [2.24, 2.45) is 0 Å². The summed E-state index contributed by atoms with van der Waals surface area (Å²) in [6.45, 7) is 4.77. The zero-order valence-electron chi connectivity index (χ0n) is 9.38. The summed E-state index contributed by atoms with van der Waals surface area (Å²) in [7, 11) is 1.45. The maximum atomic E-state index is 11.2. The molecule has 1 saturated heterocycles. The first kappa shape index (κ1) is 12.0. The molecular formula is C10H19N3O2. The molecule has 15 heavy (non-hydrogen) atoms. The van der Waals surface area contributed by atoms with Gasteiger partial charge in [0.2, 0.25) is 0 Å². The minimum atomic E-state index is -0.573. The monoisotopic (exact) mass is 213 g/mol. The minimum absolute atomic E-state index is 0.392. The van der Waals surface area contributed by atoms with E-state index in [1.54, 1.807) is 0 Å². The maximum Gasteiger partial charge on any atom is 0.309 e. The number of likely N-dealkylation sites (N-methyl/N-ethyl adjacent to an activating group) is 2. The van der Waals surface area contributed by atoms with Gasteiger partial charge in [0.1, 0.15) is 0 Å². The number of hydrogen-bond acceptors (Lipinski definition) is 3. The van der Waals surface area contributed by atoms with Crippen LogP contribution in [0.25, 0.3) is 0 Å². The first-order valence-electron chi connectivity index (χ1n) is 5.43. The van der Waals surface area contributed by atoms with E-state index in [9.17, 15) is 9.59 Å². The molecule has 0 aliphatic carbocycles. The van der Waals surface area contributed by atoms with Crippen molar-refractivity contribution < 1.29 is 9.59 Å². The van der Waals surface area contributed by atoms with Gasteiger partial charge in [-0.3, -0.25) is 14.5 Å². The second kappa shape index (κ2) is 5.70. The molecule has 1 aliphatic heterocycles. The van der Waals surface area contributed by atoms with Crippen LogP contribution in [0.3, 0.4) is 0 Å². The molecule has 0 saturated carbocycles. The molecule has 0 spiro atoms. The van der Waals surface area contributed by atoms with Gasteiger partial charge in [-0.25, -0.2) is 0 Å². The van der Waals surface area contributed by atoms with Gasteiger partial charge in [0.05, 0.1) is 0 Å². The molecule has 2 N–H and O–H groups in total. The molecule has 0 radical (unpaired) electrons. The van der Waals surface area contributed by atoms with E-state index < -0.39 is 11.8 Å². The van der Waals surface area contributed by atoms with Crippen LogP contribution >= 0.6 is 0 Å². The third-order valence-electron chi connectivity index (χ3n) is 2.84. The number of likely N-dealkylation sites (tertiary alicyclic amines) is 1. The van der Waals surface area contributed by atoms with Gasteiger partial charge in [0.15, 0.2) is 0 Å². The molecule has 5 nitrogen and oxygen atoms in total. The smallest absolute Gasteiger partial charge is 0.309 e. The highest BCUT2D eigenvalue weighted by atomic mass is 16.2. The van der Waals surface area contributed by atoms with Gasteiger partial charge in [-0.2, -0.15) is 0 Å². The third-order valence-corrected chi connectivity index (χ3v) is 2.84. The summed E-state index contributed by atoms with van der Waals surface area (Å²) < 4.78 is 0. The molecule has 2 amide bonds. The van der Waals surface area contributed by atoms with Gasteiger partial charge in [-0.15, -0.1) is 0 Å². The number of nitrogens with one attached hydrogen (secondary N) is 2. The molecule has 0 aromatic carbocycles. The van der Waals surface area contributed by atoms with Gasteiger partial charge in [-0.1, -0.05) is 6.92 Å². The number of nitrogens with zero attached hydrogens (tertiary/aromatic N) is 1. The molecule has 0 aromatic rings. The largest absolute Gasteiger partial charge is 0.351 e. The molecule has 1 fully saturated rings. The topological polar surface area (TPSA) is 61.4 Å². The van der Waals surface area contributed by atoms with E-state index in [-0.39, 0.29) is 0 Å². The van der Waals surface area contributed by atoms with Crippen LogP contribution in [-0.2, 0) is 9.59 Å². The lowest BCUT2D eigenvalue weighted by Crippen LogP contribution is -2.44. The van der Waals surface area contributed by atoms with Crippen molar-refractivity contribution in [3.8, 4) is 0 Å². The van der Waals surface area contributed by atoms with Crippen molar-refractivity contribution in [2.45, 2.75) is 25.8 Å². The molecule has 86 valence electrons.